The molecular weight excluding hydrogens is 1000 g/mol. The van der Waals surface area contributed by atoms with Gasteiger partial charge in [0.1, 0.15) is 140 Å². The molecule has 22 fully saturated rings. The molecule has 0 amide bonds. The maximum Gasteiger partial charge on any atom is 0.187 e. The Morgan fingerprint density at radius 2 is 0.500 bits per heavy atom. The van der Waals surface area contributed by atoms with Crippen LogP contribution in [0, 0.1) is 0 Å². The average Bonchev–Trinajstić information content (AvgIpc) is 3.38. The molecule has 29 nitrogen and oxygen atoms in total. The number of rotatable bonds is 8. The molecule has 0 spiro atoms. The van der Waals surface area contributed by atoms with Crippen molar-refractivity contribution in [3.63, 3.8) is 0 Å². The lowest BCUT2D eigenvalue weighted by molar-refractivity contribution is -0.400. The quantitative estimate of drug-likeness (QED) is 0.115. The van der Waals surface area contributed by atoms with Crippen LogP contribution in [0.15, 0.2) is 35.2 Å². The molecule has 23 rings (SSSR count). The van der Waals surface area contributed by atoms with Gasteiger partial charge < -0.3 is 144 Å². The number of benzene rings is 1. The molecule has 1 aromatic rings. The van der Waals surface area contributed by atoms with E-state index in [0.29, 0.717) is 4.90 Å². The van der Waals surface area contributed by atoms with E-state index in [9.17, 15) is 86.8 Å². The van der Waals surface area contributed by atoms with E-state index in [2.05, 4.69) is 0 Å². The SMILES string of the molecule is OC[C@H]1O[C@@H]2O[C@H]3[C@H](O)[C@@H](O)[C@@H](O[C@H]4[C@H](O)[C@@H](O)[C@@H](O[C@H]5[C@H](O)[C@@H](O)[C@@H](O[C@H]6[C@H](O)[C@@H](O)[C@@H](O[C@H]7[C@@H](Sc8ccccc8)[C@H](O)[C@@H](O[C@H]1[C@H](O)[C@H]2O)O[C@@H]7CO)O[C@@H]6CO)O[C@@H]5CO)O[C@@H]4CO)O[C@@H]3CO. The zero-order valence-electron chi connectivity index (χ0n) is 37.9. The smallest absolute Gasteiger partial charge is 0.187 e. The van der Waals surface area contributed by atoms with E-state index in [1.807, 2.05) is 0 Å². The monoisotopic (exact) mass is 1060 g/mol. The normalized spacial score (nSPS) is 51.7. The number of hydrogen-bond acceptors (Lipinski definition) is 30. The van der Waals surface area contributed by atoms with Gasteiger partial charge in [0, 0.05) is 4.90 Å². The molecule has 0 radical (unpaired) electrons. The van der Waals surface area contributed by atoms with E-state index in [1.54, 1.807) is 30.3 Å². The van der Waals surface area contributed by atoms with Crippen LogP contribution in [0.2, 0.25) is 0 Å². The van der Waals surface area contributed by atoms with Crippen LogP contribution in [0.1, 0.15) is 0 Å². The highest BCUT2D eigenvalue weighted by molar-refractivity contribution is 8.00. The minimum atomic E-state index is -2.14. The third-order valence-corrected chi connectivity index (χ3v) is 15.0. The Morgan fingerprint density at radius 1 is 0.278 bits per heavy atom. The molecule has 22 aliphatic heterocycles. The summed E-state index contributed by atoms with van der Waals surface area (Å²) in [5, 5.41) is 187. The van der Waals surface area contributed by atoms with Crippen LogP contribution in [0.4, 0.5) is 0 Å². The van der Waals surface area contributed by atoms with Crippen LogP contribution < -0.4 is 0 Å². The van der Waals surface area contributed by atoms with Crippen molar-refractivity contribution in [1.82, 2.24) is 0 Å². The van der Waals surface area contributed by atoms with Crippen LogP contribution in [-0.2, 0) is 56.8 Å². The fraction of sp³-hybridized carbons (Fsp3) is 0.857. The van der Waals surface area contributed by atoms with E-state index < -0.39 is 223 Å². The first-order chi connectivity index (χ1) is 34.5. The van der Waals surface area contributed by atoms with Gasteiger partial charge in [0.2, 0.25) is 0 Å². The molecule has 17 N–H and O–H groups in total. The van der Waals surface area contributed by atoms with E-state index in [0.717, 1.165) is 11.8 Å². The lowest BCUT2D eigenvalue weighted by Gasteiger charge is -2.51. The van der Waals surface area contributed by atoms with Gasteiger partial charge in [-0.05, 0) is 12.1 Å². The van der Waals surface area contributed by atoms with E-state index >= 15 is 0 Å². The highest BCUT2D eigenvalue weighted by Gasteiger charge is 2.59. The van der Waals surface area contributed by atoms with Crippen molar-refractivity contribution in [3.05, 3.63) is 30.3 Å². The second-order valence-corrected chi connectivity index (χ2v) is 19.5. The Morgan fingerprint density at radius 3 is 0.750 bits per heavy atom. The highest BCUT2D eigenvalue weighted by Crippen LogP contribution is 2.41. The first-order valence-corrected chi connectivity index (χ1v) is 24.1. The van der Waals surface area contributed by atoms with Gasteiger partial charge in [-0.3, -0.25) is 0 Å². The molecule has 412 valence electrons. The third-order valence-electron chi connectivity index (χ3n) is 13.7. The van der Waals surface area contributed by atoms with Crippen molar-refractivity contribution in [2.45, 2.75) is 188 Å². The van der Waals surface area contributed by atoms with E-state index in [1.165, 1.54) is 0 Å². The Bertz CT molecular complexity index is 1820. The minimum Gasteiger partial charge on any atom is -0.394 e. The Kier molecular flexibility index (Phi) is 19.2. The van der Waals surface area contributed by atoms with E-state index in [-0.39, 0.29) is 0 Å². The van der Waals surface area contributed by atoms with Crippen LogP contribution in [0.25, 0.3) is 0 Å². The van der Waals surface area contributed by atoms with Gasteiger partial charge in [-0.2, -0.15) is 0 Å². The second kappa shape index (κ2) is 24.4. The molecule has 0 aromatic heterocycles. The molecule has 0 aliphatic carbocycles. The lowest BCUT2D eigenvalue weighted by Crippen LogP contribution is -2.69. The predicted octanol–water partition coefficient (Wildman–Crippen LogP) is -10.3. The number of aliphatic hydroxyl groups is 17. The van der Waals surface area contributed by atoms with Gasteiger partial charge in [0.05, 0.1) is 44.9 Å². The van der Waals surface area contributed by atoms with Gasteiger partial charge >= 0.3 is 0 Å². The Labute approximate surface area is 413 Å². The first-order valence-electron chi connectivity index (χ1n) is 23.2. The first kappa shape index (κ1) is 56.6. The summed E-state index contributed by atoms with van der Waals surface area (Å²) >= 11 is 0.974. The number of aliphatic hydroxyl groups excluding tert-OH is 17. The molecule has 1 aromatic carbocycles. The molecule has 0 saturated carbocycles. The van der Waals surface area contributed by atoms with Crippen molar-refractivity contribution in [1.29, 1.82) is 0 Å². The Balaban J connectivity index is 1.12. The van der Waals surface area contributed by atoms with Crippen molar-refractivity contribution in [3.8, 4) is 0 Å². The third kappa shape index (κ3) is 11.2. The summed E-state index contributed by atoms with van der Waals surface area (Å²) < 4.78 is 70.0. The van der Waals surface area contributed by atoms with Crippen molar-refractivity contribution >= 4 is 11.8 Å². The van der Waals surface area contributed by atoms with E-state index in [4.69, 9.17) is 56.8 Å². The summed E-state index contributed by atoms with van der Waals surface area (Å²) in [4.78, 5) is 0.518. The highest BCUT2D eigenvalue weighted by atomic mass is 32.2. The zero-order chi connectivity index (χ0) is 51.9. The number of thioether (sulfide) groups is 1. The maximum absolute atomic E-state index is 12.0. The number of hydrogen-bond donors (Lipinski definition) is 17. The number of ether oxygens (including phenoxy) is 12. The Hall–Kier alpha value is -1.59. The molecule has 22 heterocycles. The molecule has 72 heavy (non-hydrogen) atoms. The summed E-state index contributed by atoms with van der Waals surface area (Å²) in [6, 6.07) is 8.38. The molecule has 0 unspecified atom stereocenters. The molecule has 30 atom stereocenters. The summed E-state index contributed by atoms with van der Waals surface area (Å²) in [6.45, 7) is -5.76. The second-order valence-electron chi connectivity index (χ2n) is 18.2. The van der Waals surface area contributed by atoms with Gasteiger partial charge in [0.25, 0.3) is 0 Å². The van der Waals surface area contributed by atoms with Crippen molar-refractivity contribution < 1.29 is 144 Å². The van der Waals surface area contributed by atoms with Crippen molar-refractivity contribution in [2.24, 2.45) is 0 Å². The predicted molar refractivity (Wildman–Crippen MR) is 226 cm³/mol. The minimum absolute atomic E-state index is 0.518. The van der Waals surface area contributed by atoms with Gasteiger partial charge in [0.15, 0.2) is 37.7 Å². The fourth-order valence-corrected chi connectivity index (χ4v) is 11.0. The van der Waals surface area contributed by atoms with Crippen LogP contribution >= 0.6 is 11.8 Å². The summed E-state index contributed by atoms with van der Waals surface area (Å²) in [7, 11) is 0. The van der Waals surface area contributed by atoms with Crippen molar-refractivity contribution in [2.75, 3.05) is 39.6 Å². The lowest BCUT2D eigenvalue weighted by atomic mass is 9.95. The molecular formula is C42H64O29S. The molecule has 22 saturated heterocycles. The molecule has 12 bridgehead atoms. The standard InChI is InChI=1S/C42H64O29S/c43-6-13-30-19(49)24(54)37(60-13)67-31-14(7-44)62-39(26(56)21(31)51)69-33-16(9-46)64-41(28(58)23(33)53)71-35-18(11-48)65-42(29(59)36(35)72-12-4-2-1-3-5-12)70-34-17(10-47)63-40(27(57)22(34)52)68-32-15(8-45)61-38(66-30)25(55)20(32)50/h1-5,13-59H,6-11H2/t13-,14-,15-,16-,17-,18-,19-,20-,21-,22-,23-,24-,25-,26-,27-,28-,29+,30-,31-,32-,33-,34-,35-,36+,37-,38-,39-,40-,41-,42-/m1/s1. The summed E-state index contributed by atoms with van der Waals surface area (Å²) in [6.07, 6.45) is -54.7. The van der Waals surface area contributed by atoms with Gasteiger partial charge in [-0.25, -0.2) is 0 Å². The van der Waals surface area contributed by atoms with Gasteiger partial charge in [-0.1, -0.05) is 18.2 Å². The largest absolute Gasteiger partial charge is 0.394 e. The maximum atomic E-state index is 12.0. The molecule has 22 aliphatic rings. The van der Waals surface area contributed by atoms with Gasteiger partial charge in [-0.15, -0.1) is 11.8 Å². The average molecular weight is 1070 g/mol. The topological polar surface area (TPSA) is 455 Å². The fourth-order valence-electron chi connectivity index (χ4n) is 9.70. The van der Waals surface area contributed by atoms with Crippen LogP contribution in [-0.4, -0.2) is 310 Å². The summed E-state index contributed by atoms with van der Waals surface area (Å²) in [5.74, 6) is 0. The van der Waals surface area contributed by atoms with Crippen LogP contribution in [0.3, 0.4) is 0 Å². The molecule has 30 heteroatoms. The van der Waals surface area contributed by atoms with Crippen LogP contribution in [0.5, 0.6) is 0 Å². The summed E-state index contributed by atoms with van der Waals surface area (Å²) in [5.41, 5.74) is 0. The zero-order valence-corrected chi connectivity index (χ0v) is 38.7.